The molecule has 3 rings (SSSR count). The maximum absolute atomic E-state index is 5.87. The molecule has 0 saturated carbocycles. The zero-order valence-electron chi connectivity index (χ0n) is 12.5. The molecule has 0 fully saturated rings. The molecular formula is C15H21N5S. The van der Waals surface area contributed by atoms with Crippen molar-refractivity contribution in [1.82, 2.24) is 9.97 Å². The summed E-state index contributed by atoms with van der Waals surface area (Å²) in [7, 11) is 0. The molecule has 21 heavy (non-hydrogen) atoms. The van der Waals surface area contributed by atoms with Gasteiger partial charge in [-0.1, -0.05) is 6.92 Å². The van der Waals surface area contributed by atoms with Gasteiger partial charge >= 0.3 is 0 Å². The van der Waals surface area contributed by atoms with E-state index in [2.05, 4.69) is 45.5 Å². The van der Waals surface area contributed by atoms with Crippen molar-refractivity contribution < 1.29 is 0 Å². The van der Waals surface area contributed by atoms with Crippen molar-refractivity contribution in [3.63, 3.8) is 0 Å². The third-order valence-corrected chi connectivity index (χ3v) is 4.85. The van der Waals surface area contributed by atoms with Crippen LogP contribution in [0.1, 0.15) is 36.8 Å². The van der Waals surface area contributed by atoms with Gasteiger partial charge in [0, 0.05) is 24.0 Å². The number of nitrogen functional groups attached to an aromatic ring is 1. The predicted molar refractivity (Wildman–Crippen MR) is 89.0 cm³/mol. The van der Waals surface area contributed by atoms with Gasteiger partial charge in [-0.3, -0.25) is 0 Å². The van der Waals surface area contributed by atoms with Gasteiger partial charge in [0.15, 0.2) is 0 Å². The number of nitrogens with zero attached hydrogens (tertiary/aromatic N) is 3. The fraction of sp³-hybridized carbons (Fsp3) is 0.467. The topological polar surface area (TPSA) is 67.1 Å². The molecule has 6 heteroatoms. The fourth-order valence-corrected chi connectivity index (χ4v) is 3.73. The van der Waals surface area contributed by atoms with Crippen molar-refractivity contribution in [2.45, 2.75) is 32.7 Å². The molecule has 5 nitrogen and oxygen atoms in total. The lowest BCUT2D eigenvalue weighted by Crippen LogP contribution is -2.34. The predicted octanol–water partition coefficient (Wildman–Crippen LogP) is 3.07. The second-order valence-electron chi connectivity index (χ2n) is 5.31. The lowest BCUT2D eigenvalue weighted by molar-refractivity contribution is 0.625. The summed E-state index contributed by atoms with van der Waals surface area (Å²) >= 11 is 1.85. The summed E-state index contributed by atoms with van der Waals surface area (Å²) < 4.78 is 0. The fourth-order valence-electron chi connectivity index (χ4n) is 2.77. The van der Waals surface area contributed by atoms with E-state index in [-0.39, 0.29) is 0 Å². The van der Waals surface area contributed by atoms with Crippen molar-refractivity contribution in [3.05, 3.63) is 28.0 Å². The SMILES string of the molecule is CCCNc1cc(N2CCc3sccc3C2C)nc(N)n1. The lowest BCUT2D eigenvalue weighted by Gasteiger charge is -2.34. The maximum Gasteiger partial charge on any atom is 0.223 e. The second kappa shape index (κ2) is 5.89. The number of nitrogens with two attached hydrogens (primary N) is 1. The number of anilines is 3. The van der Waals surface area contributed by atoms with Gasteiger partial charge < -0.3 is 16.0 Å². The van der Waals surface area contributed by atoms with Crippen LogP contribution in [0.4, 0.5) is 17.6 Å². The van der Waals surface area contributed by atoms with Crippen LogP contribution in [-0.4, -0.2) is 23.1 Å². The minimum Gasteiger partial charge on any atom is -0.370 e. The quantitative estimate of drug-likeness (QED) is 0.908. The first kappa shape index (κ1) is 14.1. The van der Waals surface area contributed by atoms with Crippen molar-refractivity contribution >= 4 is 28.9 Å². The van der Waals surface area contributed by atoms with Crippen LogP contribution >= 0.6 is 11.3 Å². The summed E-state index contributed by atoms with van der Waals surface area (Å²) in [6, 6.07) is 4.55. The molecule has 0 aromatic carbocycles. The average Bonchev–Trinajstić information content (AvgIpc) is 2.94. The van der Waals surface area contributed by atoms with Crippen LogP contribution in [0.15, 0.2) is 17.5 Å². The molecule has 1 aliphatic rings. The van der Waals surface area contributed by atoms with Crippen LogP contribution in [0.2, 0.25) is 0 Å². The molecule has 1 atom stereocenters. The molecular weight excluding hydrogens is 282 g/mol. The Morgan fingerprint density at radius 2 is 2.33 bits per heavy atom. The molecule has 0 saturated heterocycles. The van der Waals surface area contributed by atoms with Crippen molar-refractivity contribution in [3.8, 4) is 0 Å². The summed E-state index contributed by atoms with van der Waals surface area (Å²) in [5.41, 5.74) is 7.28. The van der Waals surface area contributed by atoms with Gasteiger partial charge in [0.05, 0.1) is 6.04 Å². The number of fused-ring (bicyclic) bond motifs is 1. The van der Waals surface area contributed by atoms with Gasteiger partial charge in [0.2, 0.25) is 5.95 Å². The summed E-state index contributed by atoms with van der Waals surface area (Å²) in [5, 5.41) is 5.46. The maximum atomic E-state index is 5.87. The van der Waals surface area contributed by atoms with Crippen molar-refractivity contribution in [1.29, 1.82) is 0 Å². The monoisotopic (exact) mass is 303 g/mol. The minimum atomic E-state index is 0.327. The Balaban J connectivity index is 1.88. The Kier molecular flexibility index (Phi) is 3.96. The molecule has 0 spiro atoms. The Morgan fingerprint density at radius 3 is 3.14 bits per heavy atom. The summed E-state index contributed by atoms with van der Waals surface area (Å²) in [4.78, 5) is 12.5. The van der Waals surface area contributed by atoms with E-state index in [0.717, 1.165) is 37.6 Å². The molecule has 2 aromatic rings. The van der Waals surface area contributed by atoms with Crippen molar-refractivity contribution in [2.24, 2.45) is 0 Å². The van der Waals surface area contributed by atoms with E-state index in [1.165, 1.54) is 10.4 Å². The Bertz CT molecular complexity index is 624. The molecule has 112 valence electrons. The number of hydrogen-bond donors (Lipinski definition) is 2. The number of nitrogens with one attached hydrogen (secondary N) is 1. The molecule has 0 aliphatic carbocycles. The third-order valence-electron chi connectivity index (χ3n) is 3.86. The summed E-state index contributed by atoms with van der Waals surface area (Å²) in [6.45, 7) is 6.21. The van der Waals surface area contributed by atoms with Crippen LogP contribution < -0.4 is 16.0 Å². The van der Waals surface area contributed by atoms with Crippen molar-refractivity contribution in [2.75, 3.05) is 29.0 Å². The van der Waals surface area contributed by atoms with E-state index < -0.39 is 0 Å². The van der Waals surface area contributed by atoms with Crippen LogP contribution in [-0.2, 0) is 6.42 Å². The first-order chi connectivity index (χ1) is 10.2. The van der Waals surface area contributed by atoms with E-state index in [4.69, 9.17) is 5.73 Å². The number of aromatic nitrogens is 2. The molecule has 1 aliphatic heterocycles. The van der Waals surface area contributed by atoms with Crippen LogP contribution in [0, 0.1) is 0 Å². The van der Waals surface area contributed by atoms with Gasteiger partial charge in [-0.05, 0) is 36.8 Å². The minimum absolute atomic E-state index is 0.327. The molecule has 0 bridgehead atoms. The van der Waals surface area contributed by atoms with E-state index in [1.807, 2.05) is 17.4 Å². The Morgan fingerprint density at radius 1 is 1.48 bits per heavy atom. The molecule has 0 radical (unpaired) electrons. The van der Waals surface area contributed by atoms with Gasteiger partial charge in [0.25, 0.3) is 0 Å². The Hall–Kier alpha value is -1.82. The largest absolute Gasteiger partial charge is 0.370 e. The molecule has 1 unspecified atom stereocenters. The number of rotatable bonds is 4. The average molecular weight is 303 g/mol. The summed E-state index contributed by atoms with van der Waals surface area (Å²) in [5.74, 6) is 2.04. The van der Waals surface area contributed by atoms with E-state index in [0.29, 0.717) is 12.0 Å². The summed E-state index contributed by atoms with van der Waals surface area (Å²) in [6.07, 6.45) is 2.12. The van der Waals surface area contributed by atoms with E-state index in [9.17, 15) is 0 Å². The van der Waals surface area contributed by atoms with Gasteiger partial charge in [-0.15, -0.1) is 11.3 Å². The lowest BCUT2D eigenvalue weighted by atomic mass is 10.0. The van der Waals surface area contributed by atoms with Crippen LogP contribution in [0.3, 0.4) is 0 Å². The highest BCUT2D eigenvalue weighted by atomic mass is 32.1. The second-order valence-corrected chi connectivity index (χ2v) is 6.32. The molecule has 3 N–H and O–H groups in total. The smallest absolute Gasteiger partial charge is 0.223 e. The number of thiophene rings is 1. The normalized spacial score (nSPS) is 17.6. The highest BCUT2D eigenvalue weighted by Gasteiger charge is 2.26. The van der Waals surface area contributed by atoms with E-state index >= 15 is 0 Å². The zero-order valence-corrected chi connectivity index (χ0v) is 13.3. The van der Waals surface area contributed by atoms with Gasteiger partial charge in [-0.25, -0.2) is 0 Å². The Labute approximate surface area is 129 Å². The molecule has 0 amide bonds. The van der Waals surface area contributed by atoms with Gasteiger partial charge in [-0.2, -0.15) is 9.97 Å². The highest BCUT2D eigenvalue weighted by Crippen LogP contribution is 2.35. The number of hydrogen-bond acceptors (Lipinski definition) is 6. The molecule has 3 heterocycles. The standard InChI is InChI=1S/C15H21N5S/c1-3-6-17-13-9-14(19-15(16)18-13)20-7-4-12-11(10(20)2)5-8-21-12/h5,8-10H,3-4,6-7H2,1-2H3,(H3,16,17,18,19). The first-order valence-electron chi connectivity index (χ1n) is 7.40. The van der Waals surface area contributed by atoms with Crippen LogP contribution in [0.25, 0.3) is 0 Å². The van der Waals surface area contributed by atoms with Gasteiger partial charge in [0.1, 0.15) is 11.6 Å². The highest BCUT2D eigenvalue weighted by molar-refractivity contribution is 7.10. The molecule has 2 aromatic heterocycles. The zero-order chi connectivity index (χ0) is 14.8. The first-order valence-corrected chi connectivity index (χ1v) is 8.28. The van der Waals surface area contributed by atoms with Crippen LogP contribution in [0.5, 0.6) is 0 Å². The third kappa shape index (κ3) is 2.81. The van der Waals surface area contributed by atoms with E-state index in [1.54, 1.807) is 0 Å².